The van der Waals surface area contributed by atoms with E-state index in [9.17, 15) is 4.79 Å². The van der Waals surface area contributed by atoms with Gasteiger partial charge in [-0.1, -0.05) is 60.7 Å². The summed E-state index contributed by atoms with van der Waals surface area (Å²) in [5, 5.41) is 11.2. The number of pyridine rings is 1. The van der Waals surface area contributed by atoms with Crippen LogP contribution in [0.4, 0.5) is 5.82 Å². The molecule has 6 rings (SSSR count). The quantitative estimate of drug-likeness (QED) is 0.290. The monoisotopic (exact) mass is 534 g/mol. The summed E-state index contributed by atoms with van der Waals surface area (Å²) in [5.74, 6) is 0.250. The summed E-state index contributed by atoms with van der Waals surface area (Å²) >= 11 is 0. The van der Waals surface area contributed by atoms with Crippen LogP contribution in [0.3, 0.4) is 0 Å². The maximum Gasteiger partial charge on any atom is 0.252 e. The number of hydrogen-bond donors (Lipinski definition) is 2. The van der Waals surface area contributed by atoms with Crippen LogP contribution in [0.25, 0.3) is 28.0 Å². The maximum absolute atomic E-state index is 12.9. The van der Waals surface area contributed by atoms with Crippen molar-refractivity contribution in [2.24, 2.45) is 0 Å². The summed E-state index contributed by atoms with van der Waals surface area (Å²) in [5.41, 5.74) is 5.15. The Labute approximate surface area is 232 Å². The number of rotatable bonds is 8. The largest absolute Gasteiger partial charge is 0.364 e. The number of nitrogens with zero attached hydrogens (tertiary/aromatic N) is 4. The van der Waals surface area contributed by atoms with Crippen LogP contribution >= 0.6 is 0 Å². The van der Waals surface area contributed by atoms with Gasteiger partial charge in [0, 0.05) is 42.8 Å². The normalized spacial score (nSPS) is 16.2. The Morgan fingerprint density at radius 3 is 2.55 bits per heavy atom. The van der Waals surface area contributed by atoms with E-state index in [2.05, 4.69) is 39.9 Å². The number of amides is 1. The molecule has 2 aromatic carbocycles. The molecule has 202 valence electrons. The highest BCUT2D eigenvalue weighted by Gasteiger charge is 2.32. The maximum atomic E-state index is 12.9. The van der Waals surface area contributed by atoms with Crippen LogP contribution in [-0.2, 0) is 16.0 Å². The molecule has 0 radical (unpaired) electrons. The summed E-state index contributed by atoms with van der Waals surface area (Å²) < 4.78 is 13.2. The Balaban J connectivity index is 1.31. The predicted molar refractivity (Wildman–Crippen MR) is 153 cm³/mol. The molecular formula is C31H30N6O3. The van der Waals surface area contributed by atoms with Crippen LogP contribution in [0.5, 0.6) is 0 Å². The third-order valence-electron chi connectivity index (χ3n) is 6.71. The third-order valence-corrected chi connectivity index (χ3v) is 6.71. The lowest BCUT2D eigenvalue weighted by Gasteiger charge is -2.17. The molecule has 3 aromatic heterocycles. The fourth-order valence-corrected chi connectivity index (χ4v) is 4.76. The van der Waals surface area contributed by atoms with E-state index in [0.29, 0.717) is 42.5 Å². The lowest BCUT2D eigenvalue weighted by atomic mass is 10.1. The highest BCUT2D eigenvalue weighted by atomic mass is 16.7. The van der Waals surface area contributed by atoms with Crippen molar-refractivity contribution in [2.75, 3.05) is 18.5 Å². The molecule has 1 saturated heterocycles. The van der Waals surface area contributed by atoms with Crippen molar-refractivity contribution in [3.63, 3.8) is 0 Å². The van der Waals surface area contributed by atoms with Gasteiger partial charge in [-0.2, -0.15) is 0 Å². The van der Waals surface area contributed by atoms with Crippen LogP contribution in [-0.4, -0.2) is 50.5 Å². The van der Waals surface area contributed by atoms with E-state index in [0.717, 1.165) is 22.2 Å². The van der Waals surface area contributed by atoms with Gasteiger partial charge in [-0.3, -0.25) is 9.78 Å². The van der Waals surface area contributed by atoms with E-state index in [1.165, 1.54) is 6.20 Å². The van der Waals surface area contributed by atoms with E-state index in [4.69, 9.17) is 19.6 Å². The predicted octanol–water partition coefficient (Wildman–Crippen LogP) is 4.95. The number of ether oxygens (including phenoxy) is 2. The number of fused-ring (bicyclic) bond motifs is 1. The molecule has 40 heavy (non-hydrogen) atoms. The molecule has 9 nitrogen and oxygen atoms in total. The summed E-state index contributed by atoms with van der Waals surface area (Å²) in [4.78, 5) is 22.2. The summed E-state index contributed by atoms with van der Waals surface area (Å²) in [6.07, 6.45) is 4.92. The van der Waals surface area contributed by atoms with Crippen molar-refractivity contribution in [3.8, 4) is 22.5 Å². The van der Waals surface area contributed by atoms with Gasteiger partial charge < -0.3 is 20.1 Å². The molecule has 1 aliphatic heterocycles. The van der Waals surface area contributed by atoms with Gasteiger partial charge in [0.2, 0.25) is 0 Å². The molecule has 2 N–H and O–H groups in total. The van der Waals surface area contributed by atoms with Crippen molar-refractivity contribution in [1.29, 1.82) is 0 Å². The lowest BCUT2D eigenvalue weighted by Crippen LogP contribution is -2.34. The molecular weight excluding hydrogens is 504 g/mol. The Morgan fingerprint density at radius 2 is 1.80 bits per heavy atom. The molecule has 5 aromatic rings. The van der Waals surface area contributed by atoms with Crippen LogP contribution in [0.15, 0.2) is 91.4 Å². The first-order chi connectivity index (χ1) is 19.4. The van der Waals surface area contributed by atoms with Crippen molar-refractivity contribution in [3.05, 3.63) is 103 Å². The number of nitrogens with one attached hydrogen (secondary N) is 2. The minimum atomic E-state index is -0.641. The smallest absolute Gasteiger partial charge is 0.252 e. The molecule has 4 heterocycles. The van der Waals surface area contributed by atoms with E-state index in [-0.39, 0.29) is 12.0 Å². The van der Waals surface area contributed by atoms with Crippen molar-refractivity contribution in [1.82, 2.24) is 24.9 Å². The van der Waals surface area contributed by atoms with Crippen LogP contribution < -0.4 is 10.6 Å². The minimum Gasteiger partial charge on any atom is -0.364 e. The summed E-state index contributed by atoms with van der Waals surface area (Å²) in [6.45, 7) is 5.08. The number of aromatic nitrogens is 4. The molecule has 0 spiro atoms. The van der Waals surface area contributed by atoms with Crippen LogP contribution in [0.1, 0.15) is 29.8 Å². The Hall–Kier alpha value is -4.60. The molecule has 0 saturated carbocycles. The molecule has 1 aliphatic rings. The van der Waals surface area contributed by atoms with Gasteiger partial charge in [0.1, 0.15) is 11.6 Å². The average molecular weight is 535 g/mol. The fourth-order valence-electron chi connectivity index (χ4n) is 4.76. The van der Waals surface area contributed by atoms with Gasteiger partial charge >= 0.3 is 0 Å². The van der Waals surface area contributed by atoms with Gasteiger partial charge in [-0.05, 0) is 37.1 Å². The van der Waals surface area contributed by atoms with Crippen molar-refractivity contribution >= 4 is 17.2 Å². The number of carbonyl (C=O) groups excluding carboxylic acids is 1. The van der Waals surface area contributed by atoms with Gasteiger partial charge in [-0.25, -0.2) is 9.50 Å². The average Bonchev–Trinajstić information content (AvgIpc) is 3.58. The number of carbonyl (C=O) groups is 1. The van der Waals surface area contributed by atoms with E-state index in [1.807, 2.05) is 67.0 Å². The van der Waals surface area contributed by atoms with Gasteiger partial charge in [-0.15, -0.1) is 5.10 Å². The number of benzene rings is 2. The zero-order chi connectivity index (χ0) is 27.5. The first kappa shape index (κ1) is 25.7. The molecule has 0 bridgehead atoms. The standard InChI is InChI=1S/C31H30N6O3/c1-31(2)39-20-25(40-31)19-34-30(38)24-15-23(17-32-18-24)28-35-29(33-16-21-9-5-3-6-10-21)27-26(13-14-37(27)36-28)22-11-7-4-8-12-22/h3-15,17-18,25H,16,19-20H2,1-2H3,(H,34,38)(H,33,35,36). The van der Waals surface area contributed by atoms with Gasteiger partial charge in [0.15, 0.2) is 17.4 Å². The zero-order valence-electron chi connectivity index (χ0n) is 22.4. The van der Waals surface area contributed by atoms with Crippen LogP contribution in [0.2, 0.25) is 0 Å². The second-order valence-electron chi connectivity index (χ2n) is 10.1. The molecule has 0 aliphatic carbocycles. The highest BCUT2D eigenvalue weighted by molar-refractivity contribution is 5.95. The zero-order valence-corrected chi connectivity index (χ0v) is 22.4. The lowest BCUT2D eigenvalue weighted by molar-refractivity contribution is -0.137. The Morgan fingerprint density at radius 1 is 1.02 bits per heavy atom. The molecule has 1 fully saturated rings. The van der Waals surface area contributed by atoms with Crippen molar-refractivity contribution in [2.45, 2.75) is 32.3 Å². The van der Waals surface area contributed by atoms with E-state index in [1.54, 1.807) is 12.3 Å². The Kier molecular flexibility index (Phi) is 6.98. The second kappa shape index (κ2) is 10.9. The van der Waals surface area contributed by atoms with E-state index < -0.39 is 5.79 Å². The number of hydrogen-bond acceptors (Lipinski definition) is 7. The second-order valence-corrected chi connectivity index (χ2v) is 10.1. The summed E-state index contributed by atoms with van der Waals surface area (Å²) in [7, 11) is 0. The molecule has 9 heteroatoms. The van der Waals surface area contributed by atoms with Gasteiger partial charge in [0.25, 0.3) is 5.91 Å². The SMILES string of the molecule is CC1(C)OCC(CNC(=O)c2cncc(-c3nc(NCc4ccccc4)c4c(-c5ccccc5)ccn4n3)c2)O1. The first-order valence-corrected chi connectivity index (χ1v) is 13.2. The first-order valence-electron chi connectivity index (χ1n) is 13.2. The minimum absolute atomic E-state index is 0.202. The van der Waals surface area contributed by atoms with E-state index >= 15 is 0 Å². The number of anilines is 1. The third kappa shape index (κ3) is 5.56. The van der Waals surface area contributed by atoms with Gasteiger partial charge in [0.05, 0.1) is 12.2 Å². The van der Waals surface area contributed by atoms with Crippen molar-refractivity contribution < 1.29 is 14.3 Å². The topological polar surface area (TPSA) is 103 Å². The van der Waals surface area contributed by atoms with Crippen LogP contribution in [0, 0.1) is 0 Å². The molecule has 1 atom stereocenters. The fraction of sp³-hybridized carbons (Fsp3) is 0.226. The molecule has 1 amide bonds. The highest BCUT2D eigenvalue weighted by Crippen LogP contribution is 2.31. The molecule has 1 unspecified atom stereocenters. The summed E-state index contributed by atoms with van der Waals surface area (Å²) in [6, 6.07) is 24.1. The Bertz CT molecular complexity index is 1640.